The van der Waals surface area contributed by atoms with Gasteiger partial charge in [-0.15, -0.1) is 0 Å². The maximum absolute atomic E-state index is 11.5. The van der Waals surface area contributed by atoms with Crippen molar-refractivity contribution in [3.8, 4) is 0 Å². The van der Waals surface area contributed by atoms with Crippen LogP contribution in [0.4, 0.5) is 0 Å². The molecular formula is C13H20O4. The molecule has 0 radical (unpaired) electrons. The zero-order valence-electron chi connectivity index (χ0n) is 10.7. The zero-order valence-corrected chi connectivity index (χ0v) is 10.7. The van der Waals surface area contributed by atoms with E-state index in [9.17, 15) is 4.79 Å². The van der Waals surface area contributed by atoms with Gasteiger partial charge in [-0.1, -0.05) is 6.92 Å². The third kappa shape index (κ3) is 2.69. The molecule has 1 saturated heterocycles. The summed E-state index contributed by atoms with van der Waals surface area (Å²) in [6, 6.07) is 0. The van der Waals surface area contributed by atoms with Crippen molar-refractivity contribution in [1.29, 1.82) is 0 Å². The van der Waals surface area contributed by atoms with Gasteiger partial charge < -0.3 is 14.2 Å². The molecule has 2 aliphatic heterocycles. The number of rotatable bonds is 4. The predicted octanol–water partition coefficient (Wildman–Crippen LogP) is 2.04. The smallest absolute Gasteiger partial charge is 0.206 e. The molecule has 0 bridgehead atoms. The summed E-state index contributed by atoms with van der Waals surface area (Å²) in [6.07, 6.45) is 2.00. The van der Waals surface area contributed by atoms with Crippen LogP contribution < -0.4 is 0 Å². The topological polar surface area (TPSA) is 44.8 Å². The second-order valence-corrected chi connectivity index (χ2v) is 4.77. The lowest BCUT2D eigenvalue weighted by Gasteiger charge is -2.19. The van der Waals surface area contributed by atoms with Crippen molar-refractivity contribution < 1.29 is 19.0 Å². The summed E-state index contributed by atoms with van der Waals surface area (Å²) in [4.78, 5) is 11.5. The van der Waals surface area contributed by atoms with E-state index in [4.69, 9.17) is 14.2 Å². The van der Waals surface area contributed by atoms with Crippen LogP contribution >= 0.6 is 0 Å². The summed E-state index contributed by atoms with van der Waals surface area (Å²) in [5.74, 6) is 0.773. The van der Waals surface area contributed by atoms with E-state index < -0.39 is 0 Å². The van der Waals surface area contributed by atoms with Gasteiger partial charge in [-0.3, -0.25) is 4.79 Å². The van der Waals surface area contributed by atoms with Crippen LogP contribution in [0.25, 0.3) is 0 Å². The SMILES string of the molecule is CC(=O)C1=C(C)OC(OCC2CCCO2)C1C. The lowest BCUT2D eigenvalue weighted by Crippen LogP contribution is -2.26. The molecule has 0 N–H and O–H groups in total. The number of ether oxygens (including phenoxy) is 3. The van der Waals surface area contributed by atoms with Gasteiger partial charge >= 0.3 is 0 Å². The fourth-order valence-electron chi connectivity index (χ4n) is 2.52. The number of hydrogen-bond donors (Lipinski definition) is 0. The lowest BCUT2D eigenvalue weighted by atomic mass is 9.98. The third-order valence-corrected chi connectivity index (χ3v) is 3.39. The van der Waals surface area contributed by atoms with E-state index in [0.717, 1.165) is 25.0 Å². The highest BCUT2D eigenvalue weighted by molar-refractivity contribution is 5.94. The monoisotopic (exact) mass is 240 g/mol. The standard InChI is InChI=1S/C13H20O4/c1-8-12(9(2)14)10(3)17-13(8)16-7-11-5-4-6-15-11/h8,11,13H,4-7H2,1-3H3. The summed E-state index contributed by atoms with van der Waals surface area (Å²) >= 11 is 0. The summed E-state index contributed by atoms with van der Waals surface area (Å²) in [7, 11) is 0. The molecule has 2 aliphatic rings. The molecule has 3 unspecified atom stereocenters. The Hall–Kier alpha value is -0.870. The Kier molecular flexibility index (Phi) is 3.84. The maximum Gasteiger partial charge on any atom is 0.206 e. The Morgan fingerprint density at radius 1 is 1.53 bits per heavy atom. The summed E-state index contributed by atoms with van der Waals surface area (Å²) < 4.78 is 16.8. The molecule has 0 aliphatic carbocycles. The first-order chi connectivity index (χ1) is 8.09. The maximum atomic E-state index is 11.5. The molecule has 0 aromatic rings. The average Bonchev–Trinajstić information content (AvgIpc) is 2.84. The van der Waals surface area contributed by atoms with Crippen molar-refractivity contribution in [3.05, 3.63) is 11.3 Å². The van der Waals surface area contributed by atoms with Crippen LogP contribution in [-0.2, 0) is 19.0 Å². The molecule has 1 fully saturated rings. The van der Waals surface area contributed by atoms with E-state index in [0.29, 0.717) is 12.4 Å². The number of Topliss-reactive ketones (excluding diaryl/α,β-unsaturated/α-hetero) is 1. The first-order valence-corrected chi connectivity index (χ1v) is 6.21. The van der Waals surface area contributed by atoms with Gasteiger partial charge in [0.25, 0.3) is 0 Å². The second-order valence-electron chi connectivity index (χ2n) is 4.77. The minimum Gasteiger partial charge on any atom is -0.468 e. The summed E-state index contributed by atoms with van der Waals surface area (Å²) in [5.41, 5.74) is 0.752. The molecule has 2 rings (SSSR count). The number of ketones is 1. The van der Waals surface area contributed by atoms with E-state index >= 15 is 0 Å². The molecule has 0 amide bonds. The lowest BCUT2D eigenvalue weighted by molar-refractivity contribution is -0.141. The van der Waals surface area contributed by atoms with Crippen LogP contribution in [0.1, 0.15) is 33.6 Å². The van der Waals surface area contributed by atoms with E-state index in [1.54, 1.807) is 6.92 Å². The van der Waals surface area contributed by atoms with Crippen molar-refractivity contribution in [2.75, 3.05) is 13.2 Å². The molecule has 2 heterocycles. The molecule has 4 heteroatoms. The minimum absolute atomic E-state index is 0.00824. The molecule has 0 spiro atoms. The van der Waals surface area contributed by atoms with Gasteiger partial charge in [0.15, 0.2) is 5.78 Å². The van der Waals surface area contributed by atoms with Crippen molar-refractivity contribution in [2.24, 2.45) is 5.92 Å². The van der Waals surface area contributed by atoms with Gasteiger partial charge in [-0.05, 0) is 26.7 Å². The minimum atomic E-state index is -0.335. The highest BCUT2D eigenvalue weighted by Crippen LogP contribution is 2.32. The van der Waals surface area contributed by atoms with Crippen molar-refractivity contribution in [2.45, 2.75) is 46.0 Å². The largest absolute Gasteiger partial charge is 0.468 e. The van der Waals surface area contributed by atoms with E-state index in [2.05, 4.69) is 0 Å². The van der Waals surface area contributed by atoms with Crippen molar-refractivity contribution in [3.63, 3.8) is 0 Å². The van der Waals surface area contributed by atoms with E-state index in [-0.39, 0.29) is 24.1 Å². The van der Waals surface area contributed by atoms with Crippen molar-refractivity contribution >= 4 is 5.78 Å². The van der Waals surface area contributed by atoms with Gasteiger partial charge in [-0.2, -0.15) is 0 Å². The van der Waals surface area contributed by atoms with Crippen molar-refractivity contribution in [1.82, 2.24) is 0 Å². The highest BCUT2D eigenvalue weighted by Gasteiger charge is 2.35. The quantitative estimate of drug-likeness (QED) is 0.754. The van der Waals surface area contributed by atoms with Gasteiger partial charge in [0.2, 0.25) is 6.29 Å². The molecule has 0 aromatic carbocycles. The van der Waals surface area contributed by atoms with E-state index in [1.807, 2.05) is 13.8 Å². The molecule has 0 saturated carbocycles. The molecule has 96 valence electrons. The fourth-order valence-corrected chi connectivity index (χ4v) is 2.52. The zero-order chi connectivity index (χ0) is 12.4. The van der Waals surface area contributed by atoms with Crippen LogP contribution in [0.5, 0.6) is 0 Å². The average molecular weight is 240 g/mol. The number of hydrogen-bond acceptors (Lipinski definition) is 4. The van der Waals surface area contributed by atoms with Gasteiger partial charge in [-0.25, -0.2) is 0 Å². The van der Waals surface area contributed by atoms with Gasteiger partial charge in [0, 0.05) is 12.2 Å². The second kappa shape index (κ2) is 5.19. The molecular weight excluding hydrogens is 220 g/mol. The summed E-state index contributed by atoms with van der Waals surface area (Å²) in [6.45, 7) is 6.73. The van der Waals surface area contributed by atoms with Crippen LogP contribution in [-0.4, -0.2) is 31.4 Å². The number of allylic oxidation sites excluding steroid dienone is 1. The number of carbonyl (C=O) groups excluding carboxylic acids is 1. The Morgan fingerprint density at radius 3 is 2.82 bits per heavy atom. The molecule has 17 heavy (non-hydrogen) atoms. The van der Waals surface area contributed by atoms with Gasteiger partial charge in [0.1, 0.15) is 5.76 Å². The Bertz CT molecular complexity index is 328. The Morgan fingerprint density at radius 2 is 2.29 bits per heavy atom. The first-order valence-electron chi connectivity index (χ1n) is 6.21. The fraction of sp³-hybridized carbons (Fsp3) is 0.769. The first kappa shape index (κ1) is 12.6. The normalized spacial score (nSPS) is 33.0. The van der Waals surface area contributed by atoms with Gasteiger partial charge in [0.05, 0.1) is 18.6 Å². The Balaban J connectivity index is 1.86. The highest BCUT2D eigenvalue weighted by atomic mass is 16.7. The van der Waals surface area contributed by atoms with Crippen LogP contribution in [0, 0.1) is 5.92 Å². The predicted molar refractivity (Wildman–Crippen MR) is 62.3 cm³/mol. The van der Waals surface area contributed by atoms with Crippen LogP contribution in [0.15, 0.2) is 11.3 Å². The molecule has 0 aromatic heterocycles. The molecule has 4 nitrogen and oxygen atoms in total. The summed E-state index contributed by atoms with van der Waals surface area (Å²) in [5, 5.41) is 0. The number of carbonyl (C=O) groups is 1. The third-order valence-electron chi connectivity index (χ3n) is 3.39. The van der Waals surface area contributed by atoms with Crippen LogP contribution in [0.3, 0.4) is 0 Å². The van der Waals surface area contributed by atoms with Crippen LogP contribution in [0.2, 0.25) is 0 Å². The Labute approximate surface area is 102 Å². The van der Waals surface area contributed by atoms with E-state index in [1.165, 1.54) is 0 Å². The molecule has 3 atom stereocenters.